The van der Waals surface area contributed by atoms with Crippen LogP contribution in [0.3, 0.4) is 0 Å². The fourth-order valence-electron chi connectivity index (χ4n) is 2.25. The number of rotatable bonds is 2. The van der Waals surface area contributed by atoms with E-state index in [-0.39, 0.29) is 28.6 Å². The van der Waals surface area contributed by atoms with Gasteiger partial charge in [0.25, 0.3) is 0 Å². The minimum Gasteiger partial charge on any atom is -0.651 e. The van der Waals surface area contributed by atoms with Gasteiger partial charge < -0.3 is 10.6 Å². The molecular formula is C20H16CuN2O2S2. The van der Waals surface area contributed by atoms with E-state index in [0.717, 1.165) is 31.2 Å². The van der Waals surface area contributed by atoms with Crippen LogP contribution in [0.2, 0.25) is 0 Å². The van der Waals surface area contributed by atoms with Gasteiger partial charge in [-0.05, 0) is 47.9 Å². The second kappa shape index (κ2) is 9.85. The smallest absolute Gasteiger partial charge is 0.651 e. The Morgan fingerprint density at radius 2 is 1.11 bits per heavy atom. The number of carbonyl (C=O) groups is 2. The van der Waals surface area contributed by atoms with Gasteiger partial charge in [0.05, 0.1) is 0 Å². The molecule has 0 fully saturated rings. The molecular weight excluding hydrogens is 428 g/mol. The Morgan fingerprint density at radius 1 is 0.741 bits per heavy atom. The predicted octanol–water partition coefficient (Wildman–Crippen LogP) is 6.45. The Kier molecular flexibility index (Phi) is 7.80. The molecule has 0 aliphatic carbocycles. The maximum absolute atomic E-state index is 10.8. The normalized spacial score (nSPS) is 16.2. The predicted molar refractivity (Wildman–Crippen MR) is 108 cm³/mol. The number of benzene rings is 2. The third kappa shape index (κ3) is 6.04. The van der Waals surface area contributed by atoms with E-state index in [2.05, 4.69) is 10.6 Å². The van der Waals surface area contributed by atoms with Crippen LogP contribution in [0.5, 0.6) is 0 Å². The fourth-order valence-corrected chi connectivity index (χ4v) is 4.17. The number of hydrogen-bond donors (Lipinski definition) is 0. The van der Waals surface area contributed by atoms with Gasteiger partial charge in [-0.3, -0.25) is 9.59 Å². The van der Waals surface area contributed by atoms with E-state index in [4.69, 9.17) is 0 Å². The number of thioether (sulfide) groups is 2. The summed E-state index contributed by atoms with van der Waals surface area (Å²) < 4.78 is 0. The summed E-state index contributed by atoms with van der Waals surface area (Å²) >= 11 is 3.08. The van der Waals surface area contributed by atoms with Crippen LogP contribution in [-0.2, 0) is 26.7 Å². The van der Waals surface area contributed by atoms with Gasteiger partial charge in [0.2, 0.25) is 0 Å². The van der Waals surface area contributed by atoms with Crippen LogP contribution in [0.1, 0.15) is 13.8 Å². The summed E-state index contributed by atoms with van der Waals surface area (Å²) in [6.45, 7) is 3.07. The topological polar surface area (TPSA) is 62.3 Å². The molecule has 27 heavy (non-hydrogen) atoms. The molecule has 0 saturated carbocycles. The first-order chi connectivity index (χ1) is 12.5. The summed E-state index contributed by atoms with van der Waals surface area (Å²) in [6.07, 6.45) is 3.12. The number of ketones is 2. The molecule has 0 aromatic heterocycles. The van der Waals surface area contributed by atoms with E-state index >= 15 is 0 Å². The summed E-state index contributed by atoms with van der Waals surface area (Å²) in [7, 11) is 0. The molecule has 0 spiro atoms. The van der Waals surface area contributed by atoms with Crippen molar-refractivity contribution in [1.82, 2.24) is 0 Å². The molecule has 141 valence electrons. The Balaban J connectivity index is 0.000000187. The molecule has 0 bridgehead atoms. The second-order valence-electron chi connectivity index (χ2n) is 5.55. The van der Waals surface area contributed by atoms with Gasteiger partial charge in [-0.25, -0.2) is 0 Å². The van der Waals surface area contributed by atoms with Gasteiger partial charge in [0.1, 0.15) is 0 Å². The molecule has 2 aromatic carbocycles. The van der Waals surface area contributed by atoms with Crippen LogP contribution in [0.4, 0.5) is 11.4 Å². The third-order valence-corrected chi connectivity index (χ3v) is 5.24. The van der Waals surface area contributed by atoms with Crippen molar-refractivity contribution in [3.8, 4) is 0 Å². The van der Waals surface area contributed by atoms with E-state index < -0.39 is 0 Å². The van der Waals surface area contributed by atoms with E-state index in [1.54, 1.807) is 12.2 Å². The Hall–Kier alpha value is -1.92. The zero-order valence-electron chi connectivity index (χ0n) is 14.6. The minimum atomic E-state index is 0. The summed E-state index contributed by atoms with van der Waals surface area (Å²) in [4.78, 5) is 23.8. The van der Waals surface area contributed by atoms with Crippen molar-refractivity contribution < 1.29 is 26.7 Å². The molecule has 2 aliphatic heterocycles. The van der Waals surface area contributed by atoms with Crippen molar-refractivity contribution in [3.05, 3.63) is 81.4 Å². The van der Waals surface area contributed by atoms with Crippen molar-refractivity contribution in [2.75, 3.05) is 0 Å². The Bertz CT molecular complexity index is 796. The first-order valence-electron chi connectivity index (χ1n) is 7.93. The van der Waals surface area contributed by atoms with Gasteiger partial charge in [0, 0.05) is 0 Å². The summed E-state index contributed by atoms with van der Waals surface area (Å²) in [5, 5.41) is 10.2. The molecule has 2 aromatic rings. The number of allylic oxidation sites excluding steroid dienone is 2. The van der Waals surface area contributed by atoms with Crippen molar-refractivity contribution in [2.45, 2.75) is 23.6 Å². The monoisotopic (exact) mass is 443 g/mol. The van der Waals surface area contributed by atoms with Gasteiger partial charge in [-0.2, -0.15) is 0 Å². The Labute approximate surface area is 177 Å². The number of para-hydroxylation sites is 2. The third-order valence-electron chi connectivity index (χ3n) is 3.27. The van der Waals surface area contributed by atoms with Gasteiger partial charge in [-0.1, -0.05) is 46.5 Å². The quantitative estimate of drug-likeness (QED) is 0.395. The van der Waals surface area contributed by atoms with Crippen molar-refractivity contribution in [2.24, 2.45) is 0 Å². The maximum Gasteiger partial charge on any atom is 2.00 e. The van der Waals surface area contributed by atoms with Crippen LogP contribution in [0, 0.1) is 0 Å². The van der Waals surface area contributed by atoms with Gasteiger partial charge >= 0.3 is 17.1 Å². The number of fused-ring (bicyclic) bond motifs is 2. The minimum absolute atomic E-state index is 0. The summed E-state index contributed by atoms with van der Waals surface area (Å²) in [5.41, 5.74) is 1.92. The van der Waals surface area contributed by atoms with Gasteiger partial charge in [0.15, 0.2) is 11.6 Å². The molecule has 7 heteroatoms. The molecule has 0 unspecified atom stereocenters. The molecule has 0 amide bonds. The standard InChI is InChI=1S/2C10H9NOS.Cu/c2*1-7(12)6-10-11-8-4-2-3-5-9(8)13-10;/h2*2-6H,1H3,(H,11,12);/q;;+2/p-2. The molecule has 4 rings (SSSR count). The first kappa shape index (κ1) is 21.4. The molecule has 2 heterocycles. The average molecular weight is 444 g/mol. The SMILES string of the molecule is CC(=O)/C=C1\[N-]c2ccccc2S1.CC(=O)/C=C1\[N-]c2ccccc2S1.[Cu+2]. The second-order valence-corrected chi connectivity index (χ2v) is 7.67. The number of carbonyl (C=O) groups excluding carboxylic acids is 2. The Morgan fingerprint density at radius 3 is 1.44 bits per heavy atom. The summed E-state index contributed by atoms with van der Waals surface area (Å²) in [6, 6.07) is 15.7. The zero-order valence-corrected chi connectivity index (χ0v) is 17.2. The van der Waals surface area contributed by atoms with Crippen molar-refractivity contribution >= 4 is 46.5 Å². The molecule has 0 N–H and O–H groups in total. The average Bonchev–Trinajstić information content (AvgIpc) is 3.16. The van der Waals surface area contributed by atoms with Crippen molar-refractivity contribution in [3.63, 3.8) is 0 Å². The molecule has 0 atom stereocenters. The molecule has 4 nitrogen and oxygen atoms in total. The number of hydrogen-bond acceptors (Lipinski definition) is 4. The first-order valence-corrected chi connectivity index (χ1v) is 9.56. The molecule has 0 saturated heterocycles. The van der Waals surface area contributed by atoms with Crippen LogP contribution in [0.15, 0.2) is 80.5 Å². The van der Waals surface area contributed by atoms with Crippen LogP contribution < -0.4 is 0 Å². The summed E-state index contributed by atoms with van der Waals surface area (Å²) in [5.74, 6) is 0.0816. The van der Waals surface area contributed by atoms with Crippen LogP contribution in [-0.4, -0.2) is 11.6 Å². The van der Waals surface area contributed by atoms with Gasteiger partial charge in [-0.15, -0.1) is 34.9 Å². The van der Waals surface area contributed by atoms with Crippen LogP contribution in [0.25, 0.3) is 10.6 Å². The maximum atomic E-state index is 10.8. The van der Waals surface area contributed by atoms with E-state index in [0.29, 0.717) is 0 Å². The fraction of sp³-hybridized carbons (Fsp3) is 0.100. The largest absolute Gasteiger partial charge is 2.00 e. The van der Waals surface area contributed by atoms with Crippen molar-refractivity contribution in [1.29, 1.82) is 0 Å². The molecule has 1 radical (unpaired) electrons. The zero-order chi connectivity index (χ0) is 18.5. The van der Waals surface area contributed by atoms with E-state index in [9.17, 15) is 9.59 Å². The molecule has 2 aliphatic rings. The van der Waals surface area contributed by atoms with E-state index in [1.807, 2.05) is 48.5 Å². The van der Waals surface area contributed by atoms with E-state index in [1.165, 1.54) is 37.4 Å². The van der Waals surface area contributed by atoms with Crippen LogP contribution >= 0.6 is 23.5 Å². The number of nitrogens with zero attached hydrogens (tertiary/aromatic N) is 2.